The van der Waals surface area contributed by atoms with Crippen LogP contribution in [0.15, 0.2) is 17.8 Å². The number of Topliss-reactive ketones (excluding diaryl/α,β-unsaturated/α-hetero) is 1. The zero-order valence-electron chi connectivity index (χ0n) is 10.8. The normalized spacial score (nSPS) is 16.2. The van der Waals surface area contributed by atoms with Crippen LogP contribution in [0.25, 0.3) is 0 Å². The number of carbonyl (C=O) groups excluding carboxylic acids is 1. The van der Waals surface area contributed by atoms with Crippen LogP contribution in [0.3, 0.4) is 0 Å². The Balaban J connectivity index is 2.27. The molecule has 1 aliphatic carbocycles. The summed E-state index contributed by atoms with van der Waals surface area (Å²) in [5.41, 5.74) is 1.47. The van der Waals surface area contributed by atoms with Crippen molar-refractivity contribution in [2.24, 2.45) is 0 Å². The van der Waals surface area contributed by atoms with E-state index in [4.69, 9.17) is 11.6 Å². The molecule has 0 aliphatic heterocycles. The fraction of sp³-hybridized carbons (Fsp3) is 0.571. The Morgan fingerprint density at radius 3 is 3.06 bits per heavy atom. The largest absolute Gasteiger partial charge is 0.287 e. The number of halogens is 1. The average Bonchev–Trinajstić information content (AvgIpc) is 2.58. The number of allylic oxidation sites excluding steroid dienone is 2. The second-order valence-corrected chi connectivity index (χ2v) is 5.13. The minimum Gasteiger partial charge on any atom is -0.287 e. The first-order valence-corrected chi connectivity index (χ1v) is 7.07. The smallest absolute Gasteiger partial charge is 0.208 e. The third kappa shape index (κ3) is 2.83. The van der Waals surface area contributed by atoms with E-state index in [2.05, 4.69) is 18.1 Å². The molecule has 0 bridgehead atoms. The van der Waals surface area contributed by atoms with Gasteiger partial charge in [0, 0.05) is 6.54 Å². The van der Waals surface area contributed by atoms with Crippen molar-refractivity contribution >= 4 is 17.4 Å². The highest BCUT2D eigenvalue weighted by molar-refractivity contribution is 6.34. The van der Waals surface area contributed by atoms with Crippen LogP contribution in [-0.2, 0) is 6.54 Å². The molecule has 1 heterocycles. The number of ketones is 1. The molecule has 98 valence electrons. The third-order valence-electron chi connectivity index (χ3n) is 3.28. The summed E-state index contributed by atoms with van der Waals surface area (Å²) >= 11 is 6.10. The minimum absolute atomic E-state index is 0.0628. The zero-order valence-corrected chi connectivity index (χ0v) is 11.5. The number of rotatable bonds is 4. The van der Waals surface area contributed by atoms with Gasteiger partial charge < -0.3 is 0 Å². The topological polar surface area (TPSA) is 34.9 Å². The van der Waals surface area contributed by atoms with E-state index in [9.17, 15) is 4.79 Å². The van der Waals surface area contributed by atoms with Gasteiger partial charge in [0.1, 0.15) is 5.69 Å². The summed E-state index contributed by atoms with van der Waals surface area (Å²) in [6.45, 7) is 2.80. The van der Waals surface area contributed by atoms with Crippen molar-refractivity contribution in [3.63, 3.8) is 0 Å². The maximum Gasteiger partial charge on any atom is 0.208 e. The van der Waals surface area contributed by atoms with E-state index in [0.29, 0.717) is 10.7 Å². The summed E-state index contributed by atoms with van der Waals surface area (Å²) in [7, 11) is 0. The van der Waals surface area contributed by atoms with Crippen LogP contribution in [0.4, 0.5) is 0 Å². The van der Waals surface area contributed by atoms with E-state index in [-0.39, 0.29) is 5.78 Å². The Hall–Kier alpha value is -1.09. The van der Waals surface area contributed by atoms with Crippen LogP contribution >= 0.6 is 11.6 Å². The highest BCUT2D eigenvalue weighted by Gasteiger charge is 2.21. The van der Waals surface area contributed by atoms with E-state index in [1.54, 1.807) is 10.9 Å². The lowest BCUT2D eigenvalue weighted by Crippen LogP contribution is -2.13. The Kier molecular flexibility index (Phi) is 4.59. The monoisotopic (exact) mass is 266 g/mol. The van der Waals surface area contributed by atoms with Gasteiger partial charge in [0.15, 0.2) is 0 Å². The summed E-state index contributed by atoms with van der Waals surface area (Å²) in [6.07, 6.45) is 9.94. The molecule has 18 heavy (non-hydrogen) atoms. The molecular weight excluding hydrogens is 248 g/mol. The quantitative estimate of drug-likeness (QED) is 0.772. The van der Waals surface area contributed by atoms with Crippen LogP contribution in [0, 0.1) is 0 Å². The number of nitrogens with zero attached hydrogens (tertiary/aromatic N) is 2. The van der Waals surface area contributed by atoms with Crippen molar-refractivity contribution in [1.82, 2.24) is 9.78 Å². The summed E-state index contributed by atoms with van der Waals surface area (Å²) in [5, 5.41) is 4.65. The van der Waals surface area contributed by atoms with Gasteiger partial charge in [-0.2, -0.15) is 5.10 Å². The van der Waals surface area contributed by atoms with Gasteiger partial charge in [-0.25, -0.2) is 0 Å². The van der Waals surface area contributed by atoms with Crippen LogP contribution in [0.2, 0.25) is 5.02 Å². The minimum atomic E-state index is 0.0628. The maximum atomic E-state index is 12.5. The number of aromatic nitrogens is 2. The number of carbonyl (C=O) groups is 1. The van der Waals surface area contributed by atoms with Crippen molar-refractivity contribution in [2.75, 3.05) is 0 Å². The summed E-state index contributed by atoms with van der Waals surface area (Å²) < 4.78 is 1.73. The molecule has 0 amide bonds. The fourth-order valence-electron chi connectivity index (χ4n) is 2.34. The SMILES string of the molecule is CCCn1ncc(Cl)c1C(=O)C1=CCCCCC1. The fourth-order valence-corrected chi connectivity index (χ4v) is 2.57. The molecule has 3 nitrogen and oxygen atoms in total. The molecule has 0 fully saturated rings. The van der Waals surface area contributed by atoms with Crippen LogP contribution in [-0.4, -0.2) is 15.6 Å². The van der Waals surface area contributed by atoms with Crippen molar-refractivity contribution in [1.29, 1.82) is 0 Å². The van der Waals surface area contributed by atoms with Crippen molar-refractivity contribution < 1.29 is 4.79 Å². The lowest BCUT2D eigenvalue weighted by Gasteiger charge is -2.08. The van der Waals surface area contributed by atoms with E-state index >= 15 is 0 Å². The van der Waals surface area contributed by atoms with Crippen LogP contribution in [0.1, 0.15) is 55.9 Å². The Labute approximate surface area is 113 Å². The van der Waals surface area contributed by atoms with Gasteiger partial charge in [-0.3, -0.25) is 9.48 Å². The lowest BCUT2D eigenvalue weighted by atomic mass is 10.0. The number of aryl methyl sites for hydroxylation is 1. The van der Waals surface area contributed by atoms with Gasteiger partial charge in [0.25, 0.3) is 0 Å². The lowest BCUT2D eigenvalue weighted by molar-refractivity contribution is 0.102. The second kappa shape index (κ2) is 6.19. The maximum absolute atomic E-state index is 12.5. The Bertz CT molecular complexity index is 462. The van der Waals surface area contributed by atoms with Crippen LogP contribution < -0.4 is 0 Å². The number of hydrogen-bond acceptors (Lipinski definition) is 2. The first kappa shape index (κ1) is 13.3. The van der Waals surface area contributed by atoms with Gasteiger partial charge in [-0.1, -0.05) is 31.0 Å². The van der Waals surface area contributed by atoms with Crippen molar-refractivity contribution in [3.05, 3.63) is 28.6 Å². The highest BCUT2D eigenvalue weighted by atomic mass is 35.5. The van der Waals surface area contributed by atoms with Gasteiger partial charge in [-0.15, -0.1) is 0 Å². The van der Waals surface area contributed by atoms with E-state index in [1.165, 1.54) is 12.8 Å². The molecule has 2 rings (SSSR count). The van der Waals surface area contributed by atoms with Gasteiger partial charge in [-0.05, 0) is 37.7 Å². The molecular formula is C14H19ClN2O. The molecule has 0 saturated carbocycles. The highest BCUT2D eigenvalue weighted by Crippen LogP contribution is 2.24. The van der Waals surface area contributed by atoms with Gasteiger partial charge in [0.2, 0.25) is 5.78 Å². The predicted molar refractivity (Wildman–Crippen MR) is 73.0 cm³/mol. The van der Waals surface area contributed by atoms with Crippen molar-refractivity contribution in [3.8, 4) is 0 Å². The molecule has 0 N–H and O–H groups in total. The van der Waals surface area contributed by atoms with Crippen molar-refractivity contribution in [2.45, 2.75) is 52.0 Å². The molecule has 1 aliphatic rings. The summed E-state index contributed by atoms with van der Waals surface area (Å²) in [4.78, 5) is 12.5. The third-order valence-corrected chi connectivity index (χ3v) is 3.55. The second-order valence-electron chi connectivity index (χ2n) is 4.72. The molecule has 0 saturated heterocycles. The molecule has 0 aromatic carbocycles. The first-order valence-electron chi connectivity index (χ1n) is 6.69. The molecule has 0 unspecified atom stereocenters. The molecule has 0 atom stereocenters. The van der Waals surface area contributed by atoms with E-state index in [1.807, 2.05) is 0 Å². The summed E-state index contributed by atoms with van der Waals surface area (Å²) in [6, 6.07) is 0. The first-order chi connectivity index (χ1) is 8.74. The van der Waals surface area contributed by atoms with E-state index < -0.39 is 0 Å². The van der Waals surface area contributed by atoms with Gasteiger partial charge in [0.05, 0.1) is 11.2 Å². The zero-order chi connectivity index (χ0) is 13.0. The standard InChI is InChI=1S/C14H19ClN2O/c1-2-9-17-13(12(15)10-16-17)14(18)11-7-5-3-4-6-8-11/h7,10H,2-6,8-9H2,1H3. The molecule has 1 aromatic heterocycles. The van der Waals surface area contributed by atoms with Crippen LogP contribution in [0.5, 0.6) is 0 Å². The Morgan fingerprint density at radius 2 is 2.28 bits per heavy atom. The van der Waals surface area contributed by atoms with Gasteiger partial charge >= 0.3 is 0 Å². The average molecular weight is 267 g/mol. The predicted octanol–water partition coefficient (Wildman–Crippen LogP) is 4.02. The summed E-state index contributed by atoms with van der Waals surface area (Å²) in [5.74, 6) is 0.0628. The molecule has 0 radical (unpaired) electrons. The molecule has 4 heteroatoms. The molecule has 1 aromatic rings. The molecule has 0 spiro atoms. The number of hydrogen-bond donors (Lipinski definition) is 0. The Morgan fingerprint density at radius 1 is 1.44 bits per heavy atom. The van der Waals surface area contributed by atoms with E-state index in [0.717, 1.165) is 37.8 Å².